The van der Waals surface area contributed by atoms with Crippen LogP contribution in [0.3, 0.4) is 0 Å². The molecule has 1 N–H and O–H groups in total. The van der Waals surface area contributed by atoms with Crippen molar-refractivity contribution in [2.24, 2.45) is 0 Å². The first-order chi connectivity index (χ1) is 6.64. The molecule has 0 bridgehead atoms. The van der Waals surface area contributed by atoms with Gasteiger partial charge in [-0.1, -0.05) is 36.4 Å². The molecule has 0 aromatic heterocycles. The van der Waals surface area contributed by atoms with Crippen LogP contribution in [0.15, 0.2) is 43.0 Å². The molecule has 4 heteroatoms. The third-order valence-electron chi connectivity index (χ3n) is 1.62. The van der Waals surface area contributed by atoms with Crippen molar-refractivity contribution in [2.45, 2.75) is 6.16 Å². The first-order valence-corrected chi connectivity index (χ1v) is 6.01. The van der Waals surface area contributed by atoms with E-state index in [2.05, 4.69) is 6.58 Å². The lowest BCUT2D eigenvalue weighted by Gasteiger charge is -2.10. The van der Waals surface area contributed by atoms with E-state index >= 15 is 0 Å². The van der Waals surface area contributed by atoms with E-state index in [1.165, 1.54) is 6.08 Å². The second-order valence-corrected chi connectivity index (χ2v) is 4.71. The van der Waals surface area contributed by atoms with E-state index in [-0.39, 0.29) is 12.8 Å². The van der Waals surface area contributed by atoms with Crippen LogP contribution < -0.4 is 0 Å². The zero-order valence-corrected chi connectivity index (χ0v) is 8.69. The molecular weight excluding hydrogens is 199 g/mol. The molecule has 0 radical (unpaired) electrons. The van der Waals surface area contributed by atoms with Gasteiger partial charge in [-0.25, -0.2) is 0 Å². The molecular formula is C10H13O3P. The average Bonchev–Trinajstić information content (AvgIpc) is 2.16. The summed E-state index contributed by atoms with van der Waals surface area (Å²) in [4.78, 5) is 9.38. The molecule has 0 saturated carbocycles. The van der Waals surface area contributed by atoms with Crippen LogP contribution in [-0.4, -0.2) is 11.5 Å². The minimum absolute atomic E-state index is 0.0433. The van der Waals surface area contributed by atoms with Crippen LogP contribution >= 0.6 is 7.60 Å². The van der Waals surface area contributed by atoms with E-state index in [1.807, 2.05) is 18.2 Å². The van der Waals surface area contributed by atoms with E-state index < -0.39 is 7.60 Å². The third-order valence-corrected chi connectivity index (χ3v) is 2.94. The van der Waals surface area contributed by atoms with Crippen molar-refractivity contribution < 1.29 is 14.0 Å². The van der Waals surface area contributed by atoms with Crippen LogP contribution in [0.2, 0.25) is 0 Å². The van der Waals surface area contributed by atoms with Gasteiger partial charge in [-0.3, -0.25) is 4.57 Å². The van der Waals surface area contributed by atoms with Gasteiger partial charge in [-0.2, -0.15) is 0 Å². The van der Waals surface area contributed by atoms with Gasteiger partial charge >= 0.3 is 7.60 Å². The highest BCUT2D eigenvalue weighted by molar-refractivity contribution is 7.51. The Labute approximate surface area is 83.6 Å². The van der Waals surface area contributed by atoms with Crippen LogP contribution in [0.4, 0.5) is 0 Å². The topological polar surface area (TPSA) is 46.5 Å². The molecule has 0 heterocycles. The molecule has 1 atom stereocenters. The number of hydrogen-bond donors (Lipinski definition) is 1. The van der Waals surface area contributed by atoms with Crippen molar-refractivity contribution in [3.63, 3.8) is 0 Å². The maximum atomic E-state index is 11.4. The van der Waals surface area contributed by atoms with Crippen LogP contribution in [0, 0.1) is 0 Å². The maximum absolute atomic E-state index is 11.4. The molecule has 1 rings (SSSR count). The van der Waals surface area contributed by atoms with Gasteiger partial charge in [0.15, 0.2) is 0 Å². The van der Waals surface area contributed by atoms with Gasteiger partial charge in [-0.05, 0) is 5.56 Å². The molecule has 0 aliphatic heterocycles. The van der Waals surface area contributed by atoms with Crippen molar-refractivity contribution in [3.8, 4) is 0 Å². The Morgan fingerprint density at radius 1 is 1.43 bits per heavy atom. The quantitative estimate of drug-likeness (QED) is 0.602. The summed E-state index contributed by atoms with van der Waals surface area (Å²) in [6, 6.07) is 9.09. The van der Waals surface area contributed by atoms with Crippen molar-refractivity contribution in [1.82, 2.24) is 0 Å². The molecule has 3 nitrogen and oxygen atoms in total. The van der Waals surface area contributed by atoms with E-state index in [4.69, 9.17) is 4.52 Å². The van der Waals surface area contributed by atoms with Gasteiger partial charge in [-0.15, -0.1) is 6.58 Å². The van der Waals surface area contributed by atoms with Gasteiger partial charge < -0.3 is 9.42 Å². The number of rotatable bonds is 5. The van der Waals surface area contributed by atoms with Crippen molar-refractivity contribution >= 4 is 7.60 Å². The Kier molecular flexibility index (Phi) is 4.08. The van der Waals surface area contributed by atoms with Crippen molar-refractivity contribution in [1.29, 1.82) is 0 Å². The van der Waals surface area contributed by atoms with E-state index in [1.54, 1.807) is 12.1 Å². The van der Waals surface area contributed by atoms with Gasteiger partial charge in [0.1, 0.15) is 0 Å². The zero-order chi connectivity index (χ0) is 10.4. The maximum Gasteiger partial charge on any atom is 0.332 e. The summed E-state index contributed by atoms with van der Waals surface area (Å²) in [6.45, 7) is 3.51. The van der Waals surface area contributed by atoms with Crippen LogP contribution in [-0.2, 0) is 15.3 Å². The molecule has 0 amide bonds. The second kappa shape index (κ2) is 5.11. The largest absolute Gasteiger partial charge is 0.332 e. The summed E-state index contributed by atoms with van der Waals surface area (Å²) < 4.78 is 16.2. The van der Waals surface area contributed by atoms with Gasteiger partial charge in [0.2, 0.25) is 0 Å². The Bertz CT molecular complexity index is 334. The minimum Gasteiger partial charge on any atom is -0.324 e. The predicted octanol–water partition coefficient (Wildman–Crippen LogP) is 2.57. The summed E-state index contributed by atoms with van der Waals surface area (Å²) in [7, 11) is -3.50. The number of benzene rings is 1. The second-order valence-electron chi connectivity index (χ2n) is 2.87. The Hall–Kier alpha value is -0.890. The highest BCUT2D eigenvalue weighted by atomic mass is 31.2. The lowest BCUT2D eigenvalue weighted by Crippen LogP contribution is -1.93. The fourth-order valence-electron chi connectivity index (χ4n) is 1.03. The van der Waals surface area contributed by atoms with Crippen molar-refractivity contribution in [2.75, 3.05) is 6.61 Å². The summed E-state index contributed by atoms with van der Waals surface area (Å²) in [5.41, 5.74) is 0.794. The molecule has 0 fully saturated rings. The Morgan fingerprint density at radius 2 is 2.07 bits per heavy atom. The Morgan fingerprint density at radius 3 is 2.64 bits per heavy atom. The van der Waals surface area contributed by atoms with Gasteiger partial charge in [0.25, 0.3) is 0 Å². The van der Waals surface area contributed by atoms with Crippen LogP contribution in [0.25, 0.3) is 0 Å². The van der Waals surface area contributed by atoms with E-state index in [0.29, 0.717) is 0 Å². The fraction of sp³-hybridized carbons (Fsp3) is 0.200. The smallest absolute Gasteiger partial charge is 0.324 e. The first kappa shape index (κ1) is 11.2. The minimum atomic E-state index is -3.50. The average molecular weight is 212 g/mol. The van der Waals surface area contributed by atoms with Crippen LogP contribution in [0.5, 0.6) is 0 Å². The molecule has 14 heavy (non-hydrogen) atoms. The molecule has 1 aromatic carbocycles. The predicted molar refractivity (Wildman–Crippen MR) is 56.1 cm³/mol. The standard InChI is InChI=1S/C10H13O3P/c1-2-8-13-14(11,12)9-10-6-4-3-5-7-10/h2-7H,1,8-9H2,(H,11,12). The Balaban J connectivity index is 2.59. The van der Waals surface area contributed by atoms with Gasteiger partial charge in [0, 0.05) is 0 Å². The van der Waals surface area contributed by atoms with E-state index in [9.17, 15) is 9.46 Å². The van der Waals surface area contributed by atoms with Crippen LogP contribution in [0.1, 0.15) is 5.56 Å². The zero-order valence-electron chi connectivity index (χ0n) is 7.80. The molecule has 1 aromatic rings. The highest BCUT2D eigenvalue weighted by Gasteiger charge is 2.18. The lowest BCUT2D eigenvalue weighted by atomic mass is 10.2. The summed E-state index contributed by atoms with van der Waals surface area (Å²) in [5.74, 6) is 0. The normalized spacial score (nSPS) is 14.6. The molecule has 1 unspecified atom stereocenters. The summed E-state index contributed by atoms with van der Waals surface area (Å²) >= 11 is 0. The molecule has 76 valence electrons. The first-order valence-electron chi connectivity index (χ1n) is 4.25. The molecule has 0 saturated heterocycles. The van der Waals surface area contributed by atoms with E-state index in [0.717, 1.165) is 5.56 Å². The highest BCUT2D eigenvalue weighted by Crippen LogP contribution is 2.45. The molecule has 0 spiro atoms. The number of hydrogen-bond acceptors (Lipinski definition) is 2. The summed E-state index contributed by atoms with van der Waals surface area (Å²) in [6.07, 6.45) is 1.50. The van der Waals surface area contributed by atoms with Crippen molar-refractivity contribution in [3.05, 3.63) is 48.6 Å². The summed E-state index contributed by atoms with van der Waals surface area (Å²) in [5, 5.41) is 0. The third kappa shape index (κ3) is 3.88. The van der Waals surface area contributed by atoms with Gasteiger partial charge in [0.05, 0.1) is 12.8 Å². The monoisotopic (exact) mass is 212 g/mol. The SMILES string of the molecule is C=CCOP(=O)(O)Cc1ccccc1. The lowest BCUT2D eigenvalue weighted by molar-refractivity contribution is 0.286. The fourth-order valence-corrected chi connectivity index (χ4v) is 2.13. The molecule has 0 aliphatic rings. The molecule has 0 aliphatic carbocycles.